The SMILES string of the molecule is CN1C(C)(C)CC(Oc2ccc(-c3ccc(O)cc3)cc2)CC1(C)C. The summed E-state index contributed by atoms with van der Waals surface area (Å²) in [5.74, 6) is 1.21. The highest BCUT2D eigenvalue weighted by atomic mass is 16.5. The molecule has 3 heteroatoms. The second-order valence-electron chi connectivity index (χ2n) is 8.40. The summed E-state index contributed by atoms with van der Waals surface area (Å²) in [5.41, 5.74) is 2.46. The highest BCUT2D eigenvalue weighted by Gasteiger charge is 2.43. The van der Waals surface area contributed by atoms with Crippen molar-refractivity contribution in [3.05, 3.63) is 48.5 Å². The van der Waals surface area contributed by atoms with Crippen LogP contribution >= 0.6 is 0 Å². The first-order valence-corrected chi connectivity index (χ1v) is 8.97. The maximum absolute atomic E-state index is 9.41. The quantitative estimate of drug-likeness (QED) is 0.845. The lowest BCUT2D eigenvalue weighted by atomic mass is 9.79. The Labute approximate surface area is 151 Å². The van der Waals surface area contributed by atoms with Gasteiger partial charge in [-0.15, -0.1) is 0 Å². The minimum Gasteiger partial charge on any atom is -0.508 e. The second-order valence-corrected chi connectivity index (χ2v) is 8.40. The van der Waals surface area contributed by atoms with Gasteiger partial charge in [-0.25, -0.2) is 0 Å². The van der Waals surface area contributed by atoms with Crippen molar-refractivity contribution in [2.24, 2.45) is 0 Å². The van der Waals surface area contributed by atoms with E-state index < -0.39 is 0 Å². The van der Waals surface area contributed by atoms with E-state index in [1.165, 1.54) is 0 Å². The van der Waals surface area contributed by atoms with E-state index in [9.17, 15) is 5.11 Å². The fraction of sp³-hybridized carbons (Fsp3) is 0.455. The molecule has 2 aromatic carbocycles. The maximum Gasteiger partial charge on any atom is 0.119 e. The van der Waals surface area contributed by atoms with Crippen LogP contribution in [0.1, 0.15) is 40.5 Å². The summed E-state index contributed by atoms with van der Waals surface area (Å²) in [7, 11) is 2.21. The van der Waals surface area contributed by atoms with Gasteiger partial charge < -0.3 is 9.84 Å². The number of likely N-dealkylation sites (tertiary alicyclic amines) is 1. The Bertz CT molecular complexity index is 699. The molecule has 2 aromatic rings. The number of hydrogen-bond donors (Lipinski definition) is 1. The van der Waals surface area contributed by atoms with Gasteiger partial charge in [0, 0.05) is 23.9 Å². The number of piperidine rings is 1. The van der Waals surface area contributed by atoms with Gasteiger partial charge in [-0.3, -0.25) is 4.90 Å². The van der Waals surface area contributed by atoms with E-state index in [-0.39, 0.29) is 22.9 Å². The molecule has 134 valence electrons. The van der Waals surface area contributed by atoms with Crippen molar-refractivity contribution >= 4 is 0 Å². The number of phenols is 1. The number of ether oxygens (including phenoxy) is 1. The number of benzene rings is 2. The highest BCUT2D eigenvalue weighted by molar-refractivity contribution is 5.64. The number of nitrogens with zero attached hydrogens (tertiary/aromatic N) is 1. The van der Waals surface area contributed by atoms with E-state index in [0.717, 1.165) is 29.7 Å². The highest BCUT2D eigenvalue weighted by Crippen LogP contribution is 2.38. The largest absolute Gasteiger partial charge is 0.508 e. The van der Waals surface area contributed by atoms with E-state index in [1.807, 2.05) is 24.3 Å². The molecule has 0 radical (unpaired) electrons. The van der Waals surface area contributed by atoms with Gasteiger partial charge in [0.15, 0.2) is 0 Å². The lowest BCUT2D eigenvalue weighted by Crippen LogP contribution is -2.60. The van der Waals surface area contributed by atoms with Crippen molar-refractivity contribution in [2.75, 3.05) is 7.05 Å². The average molecular weight is 339 g/mol. The molecule has 3 nitrogen and oxygen atoms in total. The third-order valence-electron chi connectivity index (χ3n) is 5.63. The standard InChI is InChI=1S/C22H29NO2/c1-21(2)14-20(15-22(3,4)23(21)5)25-19-12-8-17(9-13-19)16-6-10-18(24)11-7-16/h6-13,20,24H,14-15H2,1-5H3. The number of phenolic OH excluding ortho intramolecular Hbond substituents is 1. The first kappa shape index (κ1) is 17.8. The normalized spacial score (nSPS) is 20.4. The van der Waals surface area contributed by atoms with Crippen LogP contribution in [0.2, 0.25) is 0 Å². The van der Waals surface area contributed by atoms with Crippen LogP contribution < -0.4 is 4.74 Å². The smallest absolute Gasteiger partial charge is 0.119 e. The molecule has 1 N–H and O–H groups in total. The molecule has 1 heterocycles. The van der Waals surface area contributed by atoms with Crippen LogP contribution in [0.15, 0.2) is 48.5 Å². The molecule has 25 heavy (non-hydrogen) atoms. The van der Waals surface area contributed by atoms with Crippen LogP contribution in [0.5, 0.6) is 11.5 Å². The summed E-state index contributed by atoms with van der Waals surface area (Å²) in [5, 5.41) is 9.41. The molecule has 0 aliphatic carbocycles. The van der Waals surface area contributed by atoms with Gasteiger partial charge in [-0.1, -0.05) is 24.3 Å². The Morgan fingerprint density at radius 1 is 0.840 bits per heavy atom. The predicted molar refractivity (Wildman–Crippen MR) is 103 cm³/mol. The number of aromatic hydroxyl groups is 1. The van der Waals surface area contributed by atoms with Gasteiger partial charge in [0.1, 0.15) is 17.6 Å². The lowest BCUT2D eigenvalue weighted by molar-refractivity contribution is -0.0556. The molecule has 0 aromatic heterocycles. The Balaban J connectivity index is 1.72. The van der Waals surface area contributed by atoms with Crippen LogP contribution in [0.25, 0.3) is 11.1 Å². The van der Waals surface area contributed by atoms with Gasteiger partial charge in [0.2, 0.25) is 0 Å². The Hall–Kier alpha value is -2.00. The molecule has 1 saturated heterocycles. The Morgan fingerprint density at radius 3 is 1.76 bits per heavy atom. The van der Waals surface area contributed by atoms with Gasteiger partial charge in [0.05, 0.1) is 0 Å². The first-order chi connectivity index (χ1) is 11.7. The van der Waals surface area contributed by atoms with Crippen LogP contribution in [0, 0.1) is 0 Å². The molecule has 0 unspecified atom stereocenters. The van der Waals surface area contributed by atoms with Crippen LogP contribution in [-0.2, 0) is 0 Å². The zero-order valence-electron chi connectivity index (χ0n) is 15.9. The molecule has 1 aliphatic rings. The monoisotopic (exact) mass is 339 g/mol. The van der Waals surface area contributed by atoms with Gasteiger partial charge in [-0.05, 0) is 70.1 Å². The molecular formula is C22H29NO2. The summed E-state index contributed by atoms with van der Waals surface area (Å²) in [4.78, 5) is 2.47. The topological polar surface area (TPSA) is 32.7 Å². The van der Waals surface area contributed by atoms with E-state index in [0.29, 0.717) is 0 Å². The van der Waals surface area contributed by atoms with Crippen molar-refractivity contribution < 1.29 is 9.84 Å². The molecule has 0 bridgehead atoms. The maximum atomic E-state index is 9.41. The molecule has 0 saturated carbocycles. The van der Waals surface area contributed by atoms with Crippen LogP contribution in [-0.4, -0.2) is 34.2 Å². The number of hydrogen-bond acceptors (Lipinski definition) is 3. The van der Waals surface area contributed by atoms with Crippen molar-refractivity contribution in [1.29, 1.82) is 0 Å². The first-order valence-electron chi connectivity index (χ1n) is 8.97. The predicted octanol–water partition coefficient (Wildman–Crippen LogP) is 5.09. The van der Waals surface area contributed by atoms with E-state index in [2.05, 4.69) is 51.8 Å². The van der Waals surface area contributed by atoms with Crippen molar-refractivity contribution in [3.63, 3.8) is 0 Å². The third kappa shape index (κ3) is 3.82. The molecule has 0 atom stereocenters. The summed E-state index contributed by atoms with van der Waals surface area (Å²) < 4.78 is 6.32. The fourth-order valence-electron chi connectivity index (χ4n) is 3.94. The average Bonchev–Trinajstić information content (AvgIpc) is 2.54. The zero-order valence-corrected chi connectivity index (χ0v) is 15.9. The fourth-order valence-corrected chi connectivity index (χ4v) is 3.94. The van der Waals surface area contributed by atoms with Crippen molar-refractivity contribution in [3.8, 4) is 22.6 Å². The molecule has 3 rings (SSSR count). The number of rotatable bonds is 3. The van der Waals surface area contributed by atoms with E-state index in [4.69, 9.17) is 4.74 Å². The van der Waals surface area contributed by atoms with E-state index >= 15 is 0 Å². The van der Waals surface area contributed by atoms with Gasteiger partial charge >= 0.3 is 0 Å². The second kappa shape index (κ2) is 6.38. The molecule has 1 aliphatic heterocycles. The summed E-state index contributed by atoms with van der Waals surface area (Å²) >= 11 is 0. The molecule has 0 spiro atoms. The summed E-state index contributed by atoms with van der Waals surface area (Å²) in [6.07, 6.45) is 2.26. The van der Waals surface area contributed by atoms with Crippen molar-refractivity contribution in [2.45, 2.75) is 57.7 Å². The minimum absolute atomic E-state index is 0.123. The van der Waals surface area contributed by atoms with Crippen molar-refractivity contribution in [1.82, 2.24) is 4.90 Å². The summed E-state index contributed by atoms with van der Waals surface area (Å²) in [6.45, 7) is 9.16. The van der Waals surface area contributed by atoms with Crippen LogP contribution in [0.3, 0.4) is 0 Å². The summed E-state index contributed by atoms with van der Waals surface area (Å²) in [6, 6.07) is 15.5. The molecule has 0 amide bonds. The Kier molecular flexibility index (Phi) is 4.54. The zero-order chi connectivity index (χ0) is 18.2. The van der Waals surface area contributed by atoms with Crippen LogP contribution in [0.4, 0.5) is 0 Å². The lowest BCUT2D eigenvalue weighted by Gasteiger charge is -2.53. The van der Waals surface area contributed by atoms with Gasteiger partial charge in [0.25, 0.3) is 0 Å². The Morgan fingerprint density at radius 2 is 1.28 bits per heavy atom. The minimum atomic E-state index is 0.123. The molecular weight excluding hydrogens is 310 g/mol. The van der Waals surface area contributed by atoms with Gasteiger partial charge in [-0.2, -0.15) is 0 Å². The molecule has 1 fully saturated rings. The van der Waals surface area contributed by atoms with E-state index in [1.54, 1.807) is 12.1 Å². The third-order valence-corrected chi connectivity index (χ3v) is 5.63.